The molecule has 0 aliphatic carbocycles. The molecule has 26 heavy (non-hydrogen) atoms. The molecule has 2 aliphatic rings. The normalized spacial score (nSPS) is 23.0. The second kappa shape index (κ2) is 8.21. The maximum absolute atomic E-state index is 12.8. The molecule has 5 nitrogen and oxygen atoms in total. The van der Waals surface area contributed by atoms with Crippen LogP contribution in [0.1, 0.15) is 50.2 Å². The molecule has 0 aromatic heterocycles. The fourth-order valence-electron chi connectivity index (χ4n) is 4.54. The number of nitrogens with zero attached hydrogens (tertiary/aromatic N) is 2. The molecular weight excluding hydrogens is 328 g/mol. The van der Waals surface area contributed by atoms with Gasteiger partial charge in [0.2, 0.25) is 5.91 Å². The Hall–Kier alpha value is -1.88. The number of rotatable bonds is 6. The highest BCUT2D eigenvalue weighted by molar-refractivity contribution is 5.77. The van der Waals surface area contributed by atoms with Crippen molar-refractivity contribution >= 4 is 11.9 Å². The predicted molar refractivity (Wildman–Crippen MR) is 101 cm³/mol. The number of carbonyl (C=O) groups excluding carboxylic acids is 1. The molecule has 1 spiro atoms. The molecule has 1 aromatic rings. The number of carbonyl (C=O) groups is 2. The first-order valence-corrected chi connectivity index (χ1v) is 9.80. The molecule has 0 radical (unpaired) electrons. The molecule has 0 bridgehead atoms. The van der Waals surface area contributed by atoms with Crippen molar-refractivity contribution in [1.82, 2.24) is 9.80 Å². The van der Waals surface area contributed by atoms with Gasteiger partial charge in [-0.1, -0.05) is 31.2 Å². The van der Waals surface area contributed by atoms with Gasteiger partial charge in [0.15, 0.2) is 0 Å². The van der Waals surface area contributed by atoms with E-state index >= 15 is 0 Å². The summed E-state index contributed by atoms with van der Waals surface area (Å²) in [6, 6.07) is 8.47. The molecule has 5 heteroatoms. The SMILES string of the molecule is CCCN1CCC2(Cc3ccccc3CN(C(=O)CCCC(=O)O)C2)C1. The first kappa shape index (κ1) is 18.9. The van der Waals surface area contributed by atoms with Crippen LogP contribution < -0.4 is 0 Å². The number of likely N-dealkylation sites (tertiary alicyclic amines) is 1. The maximum Gasteiger partial charge on any atom is 0.303 e. The minimum Gasteiger partial charge on any atom is -0.481 e. The maximum atomic E-state index is 12.8. The lowest BCUT2D eigenvalue weighted by Crippen LogP contribution is -2.42. The number of carboxylic acids is 1. The number of fused-ring (bicyclic) bond motifs is 1. The largest absolute Gasteiger partial charge is 0.481 e. The van der Waals surface area contributed by atoms with E-state index in [4.69, 9.17) is 5.11 Å². The van der Waals surface area contributed by atoms with Gasteiger partial charge in [-0.2, -0.15) is 0 Å². The molecule has 0 saturated carbocycles. The lowest BCUT2D eigenvalue weighted by molar-refractivity contribution is -0.137. The van der Waals surface area contributed by atoms with Crippen LogP contribution in [0, 0.1) is 5.41 Å². The Balaban J connectivity index is 1.77. The summed E-state index contributed by atoms with van der Waals surface area (Å²) in [5.41, 5.74) is 2.74. The Morgan fingerprint density at radius 2 is 1.92 bits per heavy atom. The molecule has 1 aromatic carbocycles. The van der Waals surface area contributed by atoms with E-state index in [2.05, 4.69) is 30.0 Å². The van der Waals surface area contributed by atoms with Gasteiger partial charge in [0, 0.05) is 37.9 Å². The number of benzene rings is 1. The zero-order valence-corrected chi connectivity index (χ0v) is 15.7. The van der Waals surface area contributed by atoms with Crippen LogP contribution in [0.4, 0.5) is 0 Å². The third kappa shape index (κ3) is 4.44. The molecular formula is C21H30N2O3. The molecule has 1 unspecified atom stereocenters. The van der Waals surface area contributed by atoms with Gasteiger partial charge < -0.3 is 14.9 Å². The first-order valence-electron chi connectivity index (χ1n) is 9.80. The Kier molecular flexibility index (Phi) is 5.97. The van der Waals surface area contributed by atoms with E-state index in [0.717, 1.165) is 45.4 Å². The molecule has 3 rings (SSSR count). The molecule has 2 heterocycles. The number of amides is 1. The number of carboxylic acid groups (broad SMARTS) is 1. The standard InChI is InChI=1S/C21H30N2O3/c1-2-11-22-12-10-21(15-22)13-17-6-3-4-7-18(17)14-23(16-21)19(24)8-5-9-20(25)26/h3-4,6-7H,2,5,8-16H2,1H3,(H,25,26). The van der Waals surface area contributed by atoms with E-state index in [0.29, 0.717) is 19.4 Å². The van der Waals surface area contributed by atoms with E-state index in [1.807, 2.05) is 11.0 Å². The van der Waals surface area contributed by atoms with Gasteiger partial charge in [-0.3, -0.25) is 9.59 Å². The van der Waals surface area contributed by atoms with Crippen LogP contribution in [0.2, 0.25) is 0 Å². The fraction of sp³-hybridized carbons (Fsp3) is 0.619. The van der Waals surface area contributed by atoms with Crippen molar-refractivity contribution < 1.29 is 14.7 Å². The van der Waals surface area contributed by atoms with Gasteiger partial charge in [-0.05, 0) is 49.9 Å². The van der Waals surface area contributed by atoms with Crippen molar-refractivity contribution in [3.05, 3.63) is 35.4 Å². The summed E-state index contributed by atoms with van der Waals surface area (Å²) in [5.74, 6) is -0.738. The first-order chi connectivity index (χ1) is 12.5. The van der Waals surface area contributed by atoms with Gasteiger partial charge in [0.05, 0.1) is 0 Å². The summed E-state index contributed by atoms with van der Waals surface area (Å²) in [6.07, 6.45) is 4.11. The minimum atomic E-state index is -0.832. The zero-order valence-electron chi connectivity index (χ0n) is 15.7. The predicted octanol–water partition coefficient (Wildman–Crippen LogP) is 2.93. The Labute approximate surface area is 156 Å². The average molecular weight is 358 g/mol. The number of aliphatic carboxylic acids is 1. The lowest BCUT2D eigenvalue weighted by atomic mass is 9.80. The molecule has 1 fully saturated rings. The topological polar surface area (TPSA) is 60.9 Å². The van der Waals surface area contributed by atoms with Crippen LogP contribution in [0.5, 0.6) is 0 Å². The van der Waals surface area contributed by atoms with E-state index in [9.17, 15) is 9.59 Å². The minimum absolute atomic E-state index is 0.0611. The average Bonchev–Trinajstić information content (AvgIpc) is 2.89. The second-order valence-electron chi connectivity index (χ2n) is 7.97. The van der Waals surface area contributed by atoms with Crippen molar-refractivity contribution in [1.29, 1.82) is 0 Å². The smallest absolute Gasteiger partial charge is 0.303 e. The van der Waals surface area contributed by atoms with E-state index in [1.165, 1.54) is 11.1 Å². The molecule has 1 N–H and O–H groups in total. The summed E-state index contributed by atoms with van der Waals surface area (Å²) in [5, 5.41) is 8.83. The van der Waals surface area contributed by atoms with Crippen LogP contribution >= 0.6 is 0 Å². The van der Waals surface area contributed by atoms with Crippen molar-refractivity contribution in [2.24, 2.45) is 5.41 Å². The molecule has 1 saturated heterocycles. The molecule has 1 atom stereocenters. The quantitative estimate of drug-likeness (QED) is 0.849. The van der Waals surface area contributed by atoms with Crippen molar-refractivity contribution in [2.75, 3.05) is 26.2 Å². The van der Waals surface area contributed by atoms with Gasteiger partial charge in [0.1, 0.15) is 0 Å². The summed E-state index contributed by atoms with van der Waals surface area (Å²) in [7, 11) is 0. The Bertz CT molecular complexity index is 660. The molecule has 142 valence electrons. The number of hydrogen-bond acceptors (Lipinski definition) is 3. The van der Waals surface area contributed by atoms with Gasteiger partial charge in [0.25, 0.3) is 0 Å². The number of hydrogen-bond donors (Lipinski definition) is 1. The Morgan fingerprint density at radius 3 is 2.65 bits per heavy atom. The van der Waals surface area contributed by atoms with E-state index < -0.39 is 5.97 Å². The summed E-state index contributed by atoms with van der Waals surface area (Å²) < 4.78 is 0. The van der Waals surface area contributed by atoms with Crippen LogP contribution in [-0.2, 0) is 22.6 Å². The van der Waals surface area contributed by atoms with Crippen molar-refractivity contribution in [3.63, 3.8) is 0 Å². The van der Waals surface area contributed by atoms with Gasteiger partial charge >= 0.3 is 5.97 Å². The highest BCUT2D eigenvalue weighted by Crippen LogP contribution is 2.39. The van der Waals surface area contributed by atoms with Crippen LogP contribution in [0.15, 0.2) is 24.3 Å². The molecule has 2 aliphatic heterocycles. The highest BCUT2D eigenvalue weighted by atomic mass is 16.4. The second-order valence-corrected chi connectivity index (χ2v) is 7.97. The highest BCUT2D eigenvalue weighted by Gasteiger charge is 2.42. The third-order valence-corrected chi connectivity index (χ3v) is 5.76. The van der Waals surface area contributed by atoms with E-state index in [-0.39, 0.29) is 17.7 Å². The van der Waals surface area contributed by atoms with Crippen molar-refractivity contribution in [3.8, 4) is 0 Å². The monoisotopic (exact) mass is 358 g/mol. The summed E-state index contributed by atoms with van der Waals surface area (Å²) in [6.45, 7) is 6.93. The van der Waals surface area contributed by atoms with Crippen LogP contribution in [0.3, 0.4) is 0 Å². The van der Waals surface area contributed by atoms with E-state index in [1.54, 1.807) is 0 Å². The fourth-order valence-corrected chi connectivity index (χ4v) is 4.54. The summed E-state index contributed by atoms with van der Waals surface area (Å²) >= 11 is 0. The molecule has 1 amide bonds. The van der Waals surface area contributed by atoms with Gasteiger partial charge in [-0.25, -0.2) is 0 Å². The Morgan fingerprint density at radius 1 is 1.15 bits per heavy atom. The van der Waals surface area contributed by atoms with Crippen molar-refractivity contribution in [2.45, 2.75) is 52.0 Å². The summed E-state index contributed by atoms with van der Waals surface area (Å²) in [4.78, 5) is 28.1. The zero-order chi connectivity index (χ0) is 18.6. The van der Waals surface area contributed by atoms with Crippen LogP contribution in [0.25, 0.3) is 0 Å². The van der Waals surface area contributed by atoms with Gasteiger partial charge in [-0.15, -0.1) is 0 Å². The third-order valence-electron chi connectivity index (χ3n) is 5.76. The lowest BCUT2D eigenvalue weighted by Gasteiger charge is -2.33. The van der Waals surface area contributed by atoms with Crippen LogP contribution in [-0.4, -0.2) is 53.0 Å².